The molecule has 19 heavy (non-hydrogen) atoms. The first kappa shape index (κ1) is 13.7. The van der Waals surface area contributed by atoms with Crippen LogP contribution in [-0.4, -0.2) is 16.3 Å². The Labute approximate surface area is 111 Å². The summed E-state index contributed by atoms with van der Waals surface area (Å²) < 4.78 is 27.8. The zero-order valence-electron chi connectivity index (χ0n) is 11.0. The number of nitrogens with one attached hydrogen (secondary N) is 1. The predicted molar refractivity (Wildman–Crippen MR) is 69.8 cm³/mol. The van der Waals surface area contributed by atoms with Crippen LogP contribution in [0.4, 0.5) is 8.78 Å². The van der Waals surface area contributed by atoms with E-state index in [0.717, 1.165) is 18.2 Å². The van der Waals surface area contributed by atoms with Gasteiger partial charge in [-0.05, 0) is 31.2 Å². The maximum absolute atomic E-state index is 13.1. The Morgan fingerprint density at radius 2 is 1.95 bits per heavy atom. The third-order valence-electron chi connectivity index (χ3n) is 2.93. The lowest BCUT2D eigenvalue weighted by molar-refractivity contribution is 0.574. The second-order valence-electron chi connectivity index (χ2n) is 4.53. The van der Waals surface area contributed by atoms with Gasteiger partial charge in [-0.3, -0.25) is 4.68 Å². The lowest BCUT2D eigenvalue weighted by Gasteiger charge is -2.08. The van der Waals surface area contributed by atoms with Crippen LogP contribution in [0.3, 0.4) is 0 Å². The second kappa shape index (κ2) is 5.93. The highest BCUT2D eigenvalue weighted by Gasteiger charge is 2.07. The van der Waals surface area contributed by atoms with Crippen molar-refractivity contribution in [2.24, 2.45) is 0 Å². The Kier molecular flexibility index (Phi) is 4.27. The van der Waals surface area contributed by atoms with Crippen molar-refractivity contribution in [3.63, 3.8) is 0 Å². The molecular weight excluding hydrogens is 248 g/mol. The van der Waals surface area contributed by atoms with Gasteiger partial charge in [-0.2, -0.15) is 5.10 Å². The van der Waals surface area contributed by atoms with Crippen LogP contribution in [0.5, 0.6) is 0 Å². The van der Waals surface area contributed by atoms with Crippen molar-refractivity contribution in [3.8, 4) is 0 Å². The van der Waals surface area contributed by atoms with Crippen molar-refractivity contribution in [3.05, 3.63) is 53.4 Å². The molecule has 0 bridgehead atoms. The molecule has 5 heteroatoms. The van der Waals surface area contributed by atoms with Gasteiger partial charge in [-0.15, -0.1) is 0 Å². The molecule has 3 nitrogen and oxygen atoms in total. The highest BCUT2D eigenvalue weighted by atomic mass is 19.1. The molecule has 1 aromatic carbocycles. The number of rotatable bonds is 5. The highest BCUT2D eigenvalue weighted by molar-refractivity contribution is 5.19. The van der Waals surface area contributed by atoms with Gasteiger partial charge < -0.3 is 5.32 Å². The molecule has 2 aromatic rings. The summed E-state index contributed by atoms with van der Waals surface area (Å²) >= 11 is 0. The van der Waals surface area contributed by atoms with E-state index < -0.39 is 11.6 Å². The van der Waals surface area contributed by atoms with E-state index in [-0.39, 0.29) is 6.04 Å². The molecule has 102 valence electrons. The van der Waals surface area contributed by atoms with Crippen molar-refractivity contribution in [1.82, 2.24) is 15.1 Å². The quantitative estimate of drug-likeness (QED) is 0.901. The fourth-order valence-corrected chi connectivity index (χ4v) is 2.00. The Hall–Kier alpha value is -1.75. The van der Waals surface area contributed by atoms with Gasteiger partial charge in [0.25, 0.3) is 0 Å². The van der Waals surface area contributed by atoms with Crippen LogP contribution in [0.1, 0.15) is 31.0 Å². The molecule has 0 fully saturated rings. The molecule has 0 spiro atoms. The summed E-state index contributed by atoms with van der Waals surface area (Å²) in [6, 6.07) is 3.71. The molecule has 1 unspecified atom stereocenters. The molecule has 1 heterocycles. The zero-order chi connectivity index (χ0) is 13.8. The van der Waals surface area contributed by atoms with Crippen molar-refractivity contribution < 1.29 is 8.78 Å². The Bertz CT molecular complexity index is 531. The third-order valence-corrected chi connectivity index (χ3v) is 2.93. The summed E-state index contributed by atoms with van der Waals surface area (Å²) in [4.78, 5) is 0. The van der Waals surface area contributed by atoms with Crippen LogP contribution < -0.4 is 5.32 Å². The molecule has 0 saturated carbocycles. The van der Waals surface area contributed by atoms with Crippen LogP contribution in [0.2, 0.25) is 0 Å². The lowest BCUT2D eigenvalue weighted by Crippen LogP contribution is -2.17. The van der Waals surface area contributed by atoms with Gasteiger partial charge in [0, 0.05) is 23.9 Å². The molecule has 2 rings (SSSR count). The predicted octanol–water partition coefficient (Wildman–Crippen LogP) is 2.88. The average molecular weight is 265 g/mol. The summed E-state index contributed by atoms with van der Waals surface area (Å²) in [7, 11) is 0. The minimum Gasteiger partial charge on any atom is -0.310 e. The number of aromatic nitrogens is 2. The second-order valence-corrected chi connectivity index (χ2v) is 4.53. The summed E-state index contributed by atoms with van der Waals surface area (Å²) in [6.45, 7) is 5.32. The van der Waals surface area contributed by atoms with E-state index >= 15 is 0 Å². The van der Waals surface area contributed by atoms with E-state index in [2.05, 4.69) is 10.4 Å². The van der Waals surface area contributed by atoms with E-state index in [1.54, 1.807) is 10.9 Å². The van der Waals surface area contributed by atoms with Crippen LogP contribution >= 0.6 is 0 Å². The molecular formula is C14H17F2N3. The minimum absolute atomic E-state index is 0.211. The van der Waals surface area contributed by atoms with E-state index in [1.165, 1.54) is 12.1 Å². The topological polar surface area (TPSA) is 29.9 Å². The van der Waals surface area contributed by atoms with Crippen LogP contribution in [-0.2, 0) is 6.54 Å². The van der Waals surface area contributed by atoms with Gasteiger partial charge >= 0.3 is 0 Å². The normalized spacial score (nSPS) is 12.6. The van der Waals surface area contributed by atoms with Gasteiger partial charge in [-0.1, -0.05) is 6.92 Å². The molecule has 1 atom stereocenters. The van der Waals surface area contributed by atoms with Gasteiger partial charge in [-0.25, -0.2) is 8.78 Å². The smallest absolute Gasteiger partial charge is 0.126 e. The largest absolute Gasteiger partial charge is 0.310 e. The first-order chi connectivity index (χ1) is 9.08. The first-order valence-corrected chi connectivity index (χ1v) is 6.29. The summed E-state index contributed by atoms with van der Waals surface area (Å²) in [5.41, 5.74) is 1.61. The summed E-state index contributed by atoms with van der Waals surface area (Å²) in [6.07, 6.45) is 3.65. The van der Waals surface area contributed by atoms with E-state index in [1.807, 2.05) is 20.0 Å². The number of hydrogen-bond donors (Lipinski definition) is 1. The SMILES string of the molecule is CCNC(C)c1cnn(Cc2cc(F)cc(F)c2)c1. The van der Waals surface area contributed by atoms with Crippen molar-refractivity contribution in [1.29, 1.82) is 0 Å². The van der Waals surface area contributed by atoms with Crippen LogP contribution in [0.15, 0.2) is 30.6 Å². The van der Waals surface area contributed by atoms with Gasteiger partial charge in [0.05, 0.1) is 12.7 Å². The fourth-order valence-electron chi connectivity index (χ4n) is 2.00. The molecule has 0 radical (unpaired) electrons. The van der Waals surface area contributed by atoms with Gasteiger partial charge in [0.2, 0.25) is 0 Å². The van der Waals surface area contributed by atoms with E-state index in [9.17, 15) is 8.78 Å². The number of hydrogen-bond acceptors (Lipinski definition) is 2. The van der Waals surface area contributed by atoms with Crippen molar-refractivity contribution in [2.75, 3.05) is 6.54 Å². The molecule has 0 aliphatic rings. The monoisotopic (exact) mass is 265 g/mol. The molecule has 0 saturated heterocycles. The summed E-state index contributed by atoms with van der Waals surface area (Å²) in [5.74, 6) is -1.13. The maximum Gasteiger partial charge on any atom is 0.126 e. The molecule has 1 N–H and O–H groups in total. The lowest BCUT2D eigenvalue weighted by atomic mass is 10.2. The number of benzene rings is 1. The Morgan fingerprint density at radius 1 is 1.26 bits per heavy atom. The molecule has 0 aliphatic carbocycles. The fraction of sp³-hybridized carbons (Fsp3) is 0.357. The number of halogens is 2. The highest BCUT2D eigenvalue weighted by Crippen LogP contribution is 2.13. The minimum atomic E-state index is -0.566. The van der Waals surface area contributed by atoms with Crippen molar-refractivity contribution >= 4 is 0 Å². The standard InChI is InChI=1S/C14H17F2N3/c1-3-17-10(2)12-7-18-19(9-12)8-11-4-13(15)6-14(16)5-11/h4-7,9-10,17H,3,8H2,1-2H3. The first-order valence-electron chi connectivity index (χ1n) is 6.29. The number of nitrogens with zero attached hydrogens (tertiary/aromatic N) is 2. The average Bonchev–Trinajstić information content (AvgIpc) is 2.76. The van der Waals surface area contributed by atoms with Crippen LogP contribution in [0, 0.1) is 11.6 Å². The van der Waals surface area contributed by atoms with E-state index in [4.69, 9.17) is 0 Å². The molecule has 0 aliphatic heterocycles. The molecule has 0 amide bonds. The Morgan fingerprint density at radius 3 is 2.58 bits per heavy atom. The third kappa shape index (κ3) is 3.61. The van der Waals surface area contributed by atoms with E-state index in [0.29, 0.717) is 12.1 Å². The zero-order valence-corrected chi connectivity index (χ0v) is 11.0. The maximum atomic E-state index is 13.1. The van der Waals surface area contributed by atoms with Crippen LogP contribution in [0.25, 0.3) is 0 Å². The van der Waals surface area contributed by atoms with Crippen molar-refractivity contribution in [2.45, 2.75) is 26.4 Å². The van der Waals surface area contributed by atoms with Gasteiger partial charge in [0.1, 0.15) is 11.6 Å². The summed E-state index contributed by atoms with van der Waals surface area (Å²) in [5, 5.41) is 7.49. The molecule has 1 aromatic heterocycles. The van der Waals surface area contributed by atoms with Gasteiger partial charge in [0.15, 0.2) is 0 Å². The Balaban J connectivity index is 2.11.